The second kappa shape index (κ2) is 11.3. The topological polar surface area (TPSA) is 66.5 Å². The number of piperidine rings is 1. The van der Waals surface area contributed by atoms with E-state index in [1.807, 2.05) is 48.5 Å². The molecular weight excluding hydrogens is 396 g/mol. The molecule has 1 atom stereocenters. The quantitative estimate of drug-likeness (QED) is 0.590. The molecule has 1 aliphatic heterocycles. The summed E-state index contributed by atoms with van der Waals surface area (Å²) in [5, 5.41) is 3.00. The maximum atomic E-state index is 12.8. The van der Waals surface area contributed by atoms with Gasteiger partial charge in [-0.1, -0.05) is 60.7 Å². The van der Waals surface area contributed by atoms with Crippen molar-refractivity contribution in [1.29, 1.82) is 0 Å². The van der Waals surface area contributed by atoms with Crippen LogP contribution in [0.5, 0.6) is 0 Å². The van der Waals surface area contributed by atoms with Crippen molar-refractivity contribution in [3.63, 3.8) is 0 Å². The predicted molar refractivity (Wildman–Crippen MR) is 121 cm³/mol. The molecule has 0 unspecified atom stereocenters. The van der Waals surface area contributed by atoms with E-state index in [0.717, 1.165) is 37.7 Å². The number of carbonyl (C=O) groups excluding carboxylic acids is 1. The van der Waals surface area contributed by atoms with Gasteiger partial charge >= 0.3 is 0 Å². The smallest absolute Gasteiger partial charge is 0.224 e. The van der Waals surface area contributed by atoms with Crippen molar-refractivity contribution in [2.75, 3.05) is 25.4 Å². The molecular formula is C24H32N2O3S. The molecule has 0 bridgehead atoms. The van der Waals surface area contributed by atoms with Crippen molar-refractivity contribution in [3.8, 4) is 0 Å². The van der Waals surface area contributed by atoms with E-state index in [4.69, 9.17) is 0 Å². The zero-order valence-corrected chi connectivity index (χ0v) is 18.3. The molecule has 6 heteroatoms. The molecule has 0 saturated carbocycles. The third kappa shape index (κ3) is 6.96. The Morgan fingerprint density at radius 1 is 0.933 bits per heavy atom. The number of hydrogen-bond donors (Lipinski definition) is 1. The summed E-state index contributed by atoms with van der Waals surface area (Å²) < 4.78 is 27.0. The predicted octanol–water partition coefficient (Wildman–Crippen LogP) is 3.41. The highest BCUT2D eigenvalue weighted by Crippen LogP contribution is 2.20. The van der Waals surface area contributed by atoms with Crippen molar-refractivity contribution in [2.24, 2.45) is 5.92 Å². The second-order valence-corrected chi connectivity index (χ2v) is 10.1. The summed E-state index contributed by atoms with van der Waals surface area (Å²) in [6.45, 7) is 1.44. The van der Waals surface area contributed by atoms with Crippen molar-refractivity contribution in [2.45, 2.75) is 38.5 Å². The van der Waals surface area contributed by atoms with Crippen LogP contribution in [-0.4, -0.2) is 44.0 Å². The van der Waals surface area contributed by atoms with Crippen LogP contribution >= 0.6 is 0 Å². The lowest BCUT2D eigenvalue weighted by atomic mass is 9.99. The van der Waals surface area contributed by atoms with Crippen LogP contribution in [0.1, 0.15) is 36.8 Å². The summed E-state index contributed by atoms with van der Waals surface area (Å²) in [5.74, 6) is -0.139. The van der Waals surface area contributed by atoms with Gasteiger partial charge in [0.25, 0.3) is 0 Å². The van der Waals surface area contributed by atoms with Crippen LogP contribution in [0.4, 0.5) is 0 Å². The van der Waals surface area contributed by atoms with Gasteiger partial charge in [-0.05, 0) is 49.7 Å². The molecule has 0 radical (unpaired) electrons. The molecule has 5 nitrogen and oxygen atoms in total. The second-order valence-electron chi connectivity index (χ2n) is 7.98. The monoisotopic (exact) mass is 428 g/mol. The summed E-state index contributed by atoms with van der Waals surface area (Å²) in [6, 6.07) is 20.1. The minimum absolute atomic E-state index is 0.0211. The number of hydrogen-bond acceptors (Lipinski definition) is 3. The normalized spacial score (nSPS) is 17.5. The first kappa shape index (κ1) is 22.5. The molecule has 1 amide bonds. The number of benzene rings is 2. The molecule has 162 valence electrons. The lowest BCUT2D eigenvalue weighted by Gasteiger charge is -2.31. The van der Waals surface area contributed by atoms with Crippen LogP contribution in [0.15, 0.2) is 60.7 Å². The molecule has 30 heavy (non-hydrogen) atoms. The molecule has 1 aliphatic rings. The highest BCUT2D eigenvalue weighted by molar-refractivity contribution is 7.89. The highest BCUT2D eigenvalue weighted by Gasteiger charge is 2.31. The zero-order chi connectivity index (χ0) is 21.2. The number of nitrogens with zero attached hydrogens (tertiary/aromatic N) is 1. The van der Waals surface area contributed by atoms with Gasteiger partial charge in [0.05, 0.1) is 11.7 Å². The van der Waals surface area contributed by atoms with Crippen LogP contribution in [0, 0.1) is 5.92 Å². The van der Waals surface area contributed by atoms with Crippen molar-refractivity contribution in [1.82, 2.24) is 9.62 Å². The number of amides is 1. The Bertz CT molecular complexity index is 885. The lowest BCUT2D eigenvalue weighted by molar-refractivity contribution is -0.126. The Balaban J connectivity index is 1.41. The largest absolute Gasteiger partial charge is 0.356 e. The van der Waals surface area contributed by atoms with Gasteiger partial charge in [0.2, 0.25) is 15.9 Å². The minimum Gasteiger partial charge on any atom is -0.356 e. The van der Waals surface area contributed by atoms with E-state index in [9.17, 15) is 13.2 Å². The Morgan fingerprint density at radius 2 is 1.53 bits per heavy atom. The van der Waals surface area contributed by atoms with E-state index < -0.39 is 10.0 Å². The third-order valence-corrected chi connectivity index (χ3v) is 7.57. The van der Waals surface area contributed by atoms with Gasteiger partial charge in [0.1, 0.15) is 0 Å². The molecule has 2 aromatic carbocycles. The number of nitrogens with one attached hydrogen (secondary N) is 1. The van der Waals surface area contributed by atoms with E-state index in [1.165, 1.54) is 9.87 Å². The average molecular weight is 429 g/mol. The first-order chi connectivity index (χ1) is 14.5. The Kier molecular flexibility index (Phi) is 8.46. The summed E-state index contributed by atoms with van der Waals surface area (Å²) in [5.41, 5.74) is 2.41. The molecule has 0 aliphatic carbocycles. The molecule has 1 saturated heterocycles. The van der Waals surface area contributed by atoms with Gasteiger partial charge in [0, 0.05) is 19.6 Å². The molecule has 0 aromatic heterocycles. The van der Waals surface area contributed by atoms with Gasteiger partial charge in [0.15, 0.2) is 0 Å². The van der Waals surface area contributed by atoms with E-state index >= 15 is 0 Å². The van der Waals surface area contributed by atoms with Crippen LogP contribution in [0.3, 0.4) is 0 Å². The van der Waals surface area contributed by atoms with E-state index in [0.29, 0.717) is 26.1 Å². The minimum atomic E-state index is -3.33. The SMILES string of the molecule is O=C(NCCCc1ccccc1)[C@@H]1CCCN(S(=O)(=O)CCCc2ccccc2)C1. The first-order valence-electron chi connectivity index (χ1n) is 10.9. The fourth-order valence-electron chi connectivity index (χ4n) is 3.93. The Morgan fingerprint density at radius 3 is 2.17 bits per heavy atom. The number of carbonyl (C=O) groups is 1. The summed E-state index contributed by atoms with van der Waals surface area (Å²) in [6.07, 6.45) is 4.64. The zero-order valence-electron chi connectivity index (χ0n) is 17.5. The van der Waals surface area contributed by atoms with Crippen molar-refractivity contribution in [3.05, 3.63) is 71.8 Å². The first-order valence-corrected chi connectivity index (χ1v) is 12.5. The molecule has 1 fully saturated rings. The van der Waals surface area contributed by atoms with Gasteiger partial charge in [-0.3, -0.25) is 4.79 Å². The fraction of sp³-hybridized carbons (Fsp3) is 0.458. The highest BCUT2D eigenvalue weighted by atomic mass is 32.2. The molecule has 3 rings (SSSR count). The van der Waals surface area contributed by atoms with E-state index in [-0.39, 0.29) is 17.6 Å². The number of rotatable bonds is 10. The van der Waals surface area contributed by atoms with E-state index in [1.54, 1.807) is 0 Å². The van der Waals surface area contributed by atoms with Gasteiger partial charge < -0.3 is 5.32 Å². The molecule has 0 spiro atoms. The van der Waals surface area contributed by atoms with Gasteiger partial charge in [-0.15, -0.1) is 0 Å². The summed E-state index contributed by atoms with van der Waals surface area (Å²) in [4.78, 5) is 12.5. The number of aryl methyl sites for hydroxylation is 2. The van der Waals surface area contributed by atoms with Crippen LogP contribution in [-0.2, 0) is 27.7 Å². The van der Waals surface area contributed by atoms with Crippen molar-refractivity contribution < 1.29 is 13.2 Å². The third-order valence-electron chi connectivity index (χ3n) is 5.64. The summed E-state index contributed by atoms with van der Waals surface area (Å²) in [7, 11) is -3.33. The fourth-order valence-corrected chi connectivity index (χ4v) is 5.52. The molecule has 1 N–H and O–H groups in total. The van der Waals surface area contributed by atoms with Crippen LogP contribution in [0.25, 0.3) is 0 Å². The van der Waals surface area contributed by atoms with Crippen LogP contribution < -0.4 is 5.32 Å². The standard InChI is InChI=1S/C24H32N2O3S/c27-24(25-17-7-14-21-10-3-1-4-11-21)23-16-8-18-26(20-23)30(28,29)19-9-15-22-12-5-2-6-13-22/h1-6,10-13,23H,7-9,14-20H2,(H,25,27)/t23-/m1/s1. The van der Waals surface area contributed by atoms with Crippen molar-refractivity contribution >= 4 is 15.9 Å². The van der Waals surface area contributed by atoms with Crippen LogP contribution in [0.2, 0.25) is 0 Å². The maximum Gasteiger partial charge on any atom is 0.224 e. The Labute approximate surface area is 180 Å². The lowest BCUT2D eigenvalue weighted by Crippen LogP contribution is -2.46. The molecule has 2 aromatic rings. The molecule has 1 heterocycles. The maximum absolute atomic E-state index is 12.8. The van der Waals surface area contributed by atoms with Gasteiger partial charge in [-0.2, -0.15) is 0 Å². The average Bonchev–Trinajstić information content (AvgIpc) is 2.78. The Hall–Kier alpha value is -2.18. The number of sulfonamides is 1. The summed E-state index contributed by atoms with van der Waals surface area (Å²) >= 11 is 0. The van der Waals surface area contributed by atoms with Gasteiger partial charge in [-0.25, -0.2) is 12.7 Å². The van der Waals surface area contributed by atoms with E-state index in [2.05, 4.69) is 17.4 Å².